The molecule has 0 saturated heterocycles. The molecule has 6 aromatic carbocycles. The summed E-state index contributed by atoms with van der Waals surface area (Å²) in [5.74, 6) is 3.00. The Labute approximate surface area is 293 Å². The molecular formula is C43H33N7O. The number of aromatic nitrogens is 7. The first-order chi connectivity index (χ1) is 24.9. The standard InChI is InChI=1S/C43H33N7O/c1-27-12-10-21-38-40(27)45-43-48(38)37-23-22-32(51-31-16-11-15-30(24-31)47-26-46(4)35-19-7-8-20-36(35)47)25-39(37)50(43)42-44-33-17-5-6-18-34(33)49(42)41-28(2)13-9-14-29(41)3/h5-25H,1-4H3. The van der Waals surface area contributed by atoms with Crippen LogP contribution in [-0.2, 0) is 7.05 Å². The van der Waals surface area contributed by atoms with Crippen LogP contribution >= 0.6 is 0 Å². The van der Waals surface area contributed by atoms with Gasteiger partial charge in [-0.25, -0.2) is 14.5 Å². The Hall–Kier alpha value is -6.67. The first kappa shape index (κ1) is 29.3. The lowest BCUT2D eigenvalue weighted by Crippen LogP contribution is -2.26. The van der Waals surface area contributed by atoms with Crippen molar-refractivity contribution in [3.05, 3.63) is 150 Å². The van der Waals surface area contributed by atoms with Gasteiger partial charge in [0.15, 0.2) is 0 Å². The van der Waals surface area contributed by atoms with E-state index in [0.29, 0.717) is 5.75 Å². The Bertz CT molecular complexity index is 2990. The van der Waals surface area contributed by atoms with Crippen LogP contribution in [0.2, 0.25) is 0 Å². The maximum atomic E-state index is 6.65. The van der Waals surface area contributed by atoms with Crippen molar-refractivity contribution in [2.75, 3.05) is 0 Å². The van der Waals surface area contributed by atoms with Gasteiger partial charge < -0.3 is 13.9 Å². The second-order valence-electron chi connectivity index (χ2n) is 13.2. The van der Waals surface area contributed by atoms with Gasteiger partial charge in [0.2, 0.25) is 18.1 Å². The molecule has 0 fully saturated rings. The van der Waals surface area contributed by atoms with Crippen molar-refractivity contribution in [3.63, 3.8) is 0 Å². The molecule has 0 spiro atoms. The lowest BCUT2D eigenvalue weighted by Gasteiger charge is -2.16. The molecule has 0 aliphatic carbocycles. The van der Waals surface area contributed by atoms with Gasteiger partial charge in [0.25, 0.3) is 0 Å². The SMILES string of the molecule is Cc1cccc(C)c1-n1c(-n2c3cc(Oc4cccc(-n5[c-][n+](C)c6ccccc65)c4)ccc3n3c4cccc(C)c4nc23)nc2ccccc21. The normalized spacial score (nSPS) is 11.9. The highest BCUT2D eigenvalue weighted by Gasteiger charge is 2.24. The van der Waals surface area contributed by atoms with Crippen LogP contribution in [0.4, 0.5) is 0 Å². The average Bonchev–Trinajstić information content (AvgIpc) is 3.88. The Balaban J connectivity index is 1.20. The third-order valence-corrected chi connectivity index (χ3v) is 9.95. The lowest BCUT2D eigenvalue weighted by molar-refractivity contribution is -0.649. The number of hydrogen-bond donors (Lipinski definition) is 0. The molecule has 0 radical (unpaired) electrons. The fraction of sp³-hybridized carbons (Fsp3) is 0.0930. The van der Waals surface area contributed by atoms with E-state index in [4.69, 9.17) is 14.7 Å². The van der Waals surface area contributed by atoms with Crippen LogP contribution in [0.3, 0.4) is 0 Å². The Morgan fingerprint density at radius 2 is 1.29 bits per heavy atom. The fourth-order valence-electron chi connectivity index (χ4n) is 7.61. The largest absolute Gasteiger partial charge is 0.458 e. The number of ether oxygens (including phenoxy) is 1. The third-order valence-electron chi connectivity index (χ3n) is 9.95. The summed E-state index contributed by atoms with van der Waals surface area (Å²) in [6.45, 7) is 6.43. The van der Waals surface area contributed by atoms with E-state index in [0.717, 1.165) is 78.5 Å². The molecular weight excluding hydrogens is 631 g/mol. The maximum absolute atomic E-state index is 6.65. The van der Waals surface area contributed by atoms with Crippen LogP contribution in [-0.4, -0.2) is 28.1 Å². The highest BCUT2D eigenvalue weighted by Crippen LogP contribution is 2.36. The first-order valence-corrected chi connectivity index (χ1v) is 17.1. The second kappa shape index (κ2) is 10.9. The van der Waals surface area contributed by atoms with Crippen LogP contribution in [0.1, 0.15) is 16.7 Å². The third kappa shape index (κ3) is 4.36. The van der Waals surface area contributed by atoms with Gasteiger partial charge in [-0.15, -0.1) is 0 Å². The summed E-state index contributed by atoms with van der Waals surface area (Å²) in [7, 11) is 2.01. The molecule has 0 aliphatic heterocycles. The van der Waals surface area contributed by atoms with Crippen molar-refractivity contribution in [2.45, 2.75) is 20.8 Å². The van der Waals surface area contributed by atoms with Gasteiger partial charge in [0, 0.05) is 6.07 Å². The number of rotatable bonds is 5. The smallest absolute Gasteiger partial charge is 0.244 e. The van der Waals surface area contributed by atoms with Crippen LogP contribution < -0.4 is 9.30 Å². The van der Waals surface area contributed by atoms with Gasteiger partial charge in [0.1, 0.15) is 11.5 Å². The lowest BCUT2D eigenvalue weighted by atomic mass is 10.1. The number of nitrogens with zero attached hydrogens (tertiary/aromatic N) is 7. The van der Waals surface area contributed by atoms with Crippen LogP contribution in [0, 0.1) is 27.1 Å². The number of hydrogen-bond acceptors (Lipinski definition) is 3. The highest BCUT2D eigenvalue weighted by molar-refractivity contribution is 5.94. The Morgan fingerprint density at radius 3 is 2.16 bits per heavy atom. The Morgan fingerprint density at radius 1 is 0.588 bits per heavy atom. The number of aryl methyl sites for hydroxylation is 4. The van der Waals surface area contributed by atoms with Crippen molar-refractivity contribution >= 4 is 49.9 Å². The van der Waals surface area contributed by atoms with E-state index >= 15 is 0 Å². The van der Waals surface area contributed by atoms with Crippen molar-refractivity contribution in [1.29, 1.82) is 0 Å². The molecule has 0 amide bonds. The van der Waals surface area contributed by atoms with E-state index in [1.807, 2.05) is 48.0 Å². The predicted octanol–water partition coefficient (Wildman–Crippen LogP) is 9.06. The minimum Gasteiger partial charge on any atom is -0.458 e. The molecule has 0 unspecified atom stereocenters. The first-order valence-electron chi connectivity index (χ1n) is 17.1. The van der Waals surface area contributed by atoms with E-state index < -0.39 is 0 Å². The van der Waals surface area contributed by atoms with Crippen molar-refractivity contribution in [2.24, 2.45) is 7.05 Å². The molecule has 0 aliphatic rings. The van der Waals surface area contributed by atoms with Gasteiger partial charge in [-0.1, -0.05) is 78.9 Å². The molecule has 8 nitrogen and oxygen atoms in total. The highest BCUT2D eigenvalue weighted by atomic mass is 16.5. The molecule has 51 heavy (non-hydrogen) atoms. The fourth-order valence-corrected chi connectivity index (χ4v) is 7.61. The zero-order valence-corrected chi connectivity index (χ0v) is 28.7. The minimum atomic E-state index is 0.712. The van der Waals surface area contributed by atoms with E-state index in [2.05, 4.69) is 136 Å². The van der Waals surface area contributed by atoms with E-state index in [-0.39, 0.29) is 0 Å². The maximum Gasteiger partial charge on any atom is 0.244 e. The molecule has 4 aromatic heterocycles. The molecule has 0 saturated carbocycles. The molecule has 0 bridgehead atoms. The van der Waals surface area contributed by atoms with Crippen molar-refractivity contribution < 1.29 is 9.30 Å². The summed E-state index contributed by atoms with van der Waals surface area (Å²) >= 11 is 0. The molecule has 8 heteroatoms. The van der Waals surface area contributed by atoms with Crippen molar-refractivity contribution in [3.8, 4) is 28.8 Å². The number of fused-ring (bicyclic) bond motifs is 7. The summed E-state index contributed by atoms with van der Waals surface area (Å²) in [4.78, 5) is 10.6. The Kier molecular flexibility index (Phi) is 6.26. The summed E-state index contributed by atoms with van der Waals surface area (Å²) in [6.07, 6.45) is 3.43. The zero-order valence-electron chi connectivity index (χ0n) is 28.7. The van der Waals surface area contributed by atoms with E-state index in [1.165, 1.54) is 11.1 Å². The van der Waals surface area contributed by atoms with Crippen LogP contribution in [0.15, 0.2) is 127 Å². The van der Waals surface area contributed by atoms with Gasteiger partial charge in [-0.2, -0.15) is 0 Å². The summed E-state index contributed by atoms with van der Waals surface area (Å²) < 4.78 is 17.4. The van der Waals surface area contributed by atoms with Gasteiger partial charge in [-0.3, -0.25) is 8.97 Å². The topological polar surface area (TPSA) is 58.1 Å². The number of imidazole rings is 4. The molecule has 10 rings (SSSR count). The van der Waals surface area contributed by atoms with Crippen LogP contribution in [0.25, 0.3) is 67.2 Å². The summed E-state index contributed by atoms with van der Waals surface area (Å²) in [6, 6.07) is 43.8. The predicted molar refractivity (Wildman–Crippen MR) is 202 cm³/mol. The van der Waals surface area contributed by atoms with Crippen LogP contribution in [0.5, 0.6) is 11.5 Å². The summed E-state index contributed by atoms with van der Waals surface area (Å²) in [5.41, 5.74) is 13.6. The van der Waals surface area contributed by atoms with E-state index in [9.17, 15) is 0 Å². The molecule has 0 atom stereocenters. The zero-order chi connectivity index (χ0) is 34.4. The van der Waals surface area contributed by atoms with E-state index in [1.54, 1.807) is 0 Å². The second-order valence-corrected chi connectivity index (χ2v) is 13.2. The molecule has 4 heterocycles. The quantitative estimate of drug-likeness (QED) is 0.136. The number of para-hydroxylation sites is 6. The molecule has 246 valence electrons. The molecule has 10 aromatic rings. The van der Waals surface area contributed by atoms with Gasteiger partial charge in [-0.05, 0) is 79.9 Å². The minimum absolute atomic E-state index is 0.712. The van der Waals surface area contributed by atoms with Gasteiger partial charge in [0.05, 0.1) is 62.6 Å². The van der Waals surface area contributed by atoms with Crippen molar-refractivity contribution in [1.82, 2.24) is 28.1 Å². The average molecular weight is 664 g/mol. The van der Waals surface area contributed by atoms with Gasteiger partial charge >= 0.3 is 0 Å². The molecule has 0 N–H and O–H groups in total. The number of benzene rings is 6. The monoisotopic (exact) mass is 663 g/mol. The summed E-state index contributed by atoms with van der Waals surface area (Å²) in [5, 5.41) is 0.